The number of nitro benzene ring substituents is 1. The smallest absolute Gasteiger partial charge is 0.269 e. The second-order valence-corrected chi connectivity index (χ2v) is 6.72. The summed E-state index contributed by atoms with van der Waals surface area (Å²) in [5.41, 5.74) is 1.67. The summed E-state index contributed by atoms with van der Waals surface area (Å²) >= 11 is 5.13. The number of non-ortho nitro benzene ring substituents is 1. The van der Waals surface area contributed by atoms with E-state index in [4.69, 9.17) is 12.2 Å². The molecule has 2 aromatic carbocycles. The number of hydrogen-bond donors (Lipinski definition) is 3. The van der Waals surface area contributed by atoms with Gasteiger partial charge in [0.25, 0.3) is 11.6 Å². The lowest BCUT2D eigenvalue weighted by atomic mass is 10.2. The van der Waals surface area contributed by atoms with E-state index < -0.39 is 10.8 Å². The SMILES string of the molecule is CCCCNC(=O)c1cccc(NC(=S)NC(=O)/C=C/c2ccc([N+](=O)[O-])cc2)c1. The van der Waals surface area contributed by atoms with Gasteiger partial charge in [-0.3, -0.25) is 25.0 Å². The Balaban J connectivity index is 1.88. The molecule has 8 nitrogen and oxygen atoms in total. The Kier molecular flexibility index (Phi) is 8.64. The Labute approximate surface area is 179 Å². The molecule has 0 bridgehead atoms. The third-order valence-corrected chi connectivity index (χ3v) is 4.17. The number of nitrogens with one attached hydrogen (secondary N) is 3. The van der Waals surface area contributed by atoms with E-state index >= 15 is 0 Å². The molecule has 9 heteroatoms. The molecular weight excluding hydrogens is 404 g/mol. The number of nitrogens with zero attached hydrogens (tertiary/aromatic N) is 1. The molecule has 0 aliphatic carbocycles. The summed E-state index contributed by atoms with van der Waals surface area (Å²) in [6.07, 6.45) is 4.69. The third-order valence-electron chi connectivity index (χ3n) is 3.97. The summed E-state index contributed by atoms with van der Waals surface area (Å²) in [7, 11) is 0. The predicted molar refractivity (Wildman–Crippen MR) is 120 cm³/mol. The van der Waals surface area contributed by atoms with Gasteiger partial charge in [-0.2, -0.15) is 0 Å². The summed E-state index contributed by atoms with van der Waals surface area (Å²) in [5.74, 6) is -0.632. The molecule has 0 saturated heterocycles. The molecule has 0 fully saturated rings. The van der Waals surface area contributed by atoms with Gasteiger partial charge in [0.05, 0.1) is 4.92 Å². The number of unbranched alkanes of at least 4 members (excludes halogenated alkanes) is 1. The zero-order valence-electron chi connectivity index (χ0n) is 16.4. The quantitative estimate of drug-likeness (QED) is 0.195. The van der Waals surface area contributed by atoms with E-state index in [9.17, 15) is 19.7 Å². The fraction of sp³-hybridized carbons (Fsp3) is 0.190. The van der Waals surface area contributed by atoms with Crippen molar-refractivity contribution in [1.29, 1.82) is 0 Å². The zero-order chi connectivity index (χ0) is 21.9. The first-order valence-corrected chi connectivity index (χ1v) is 9.72. The van der Waals surface area contributed by atoms with E-state index in [2.05, 4.69) is 16.0 Å². The van der Waals surface area contributed by atoms with Crippen molar-refractivity contribution in [3.8, 4) is 0 Å². The van der Waals surface area contributed by atoms with E-state index in [1.807, 2.05) is 6.92 Å². The van der Waals surface area contributed by atoms with Gasteiger partial charge in [-0.05, 0) is 60.6 Å². The van der Waals surface area contributed by atoms with Crippen LogP contribution in [0.3, 0.4) is 0 Å². The Hall–Kier alpha value is -3.59. The highest BCUT2D eigenvalue weighted by Crippen LogP contribution is 2.13. The molecule has 2 amide bonds. The maximum Gasteiger partial charge on any atom is 0.269 e. The number of carbonyl (C=O) groups is 2. The highest BCUT2D eigenvalue weighted by molar-refractivity contribution is 7.80. The first-order chi connectivity index (χ1) is 14.4. The molecule has 0 atom stereocenters. The molecule has 0 aliphatic rings. The second kappa shape index (κ2) is 11.4. The molecule has 156 valence electrons. The molecule has 0 aliphatic heterocycles. The fourth-order valence-corrected chi connectivity index (χ4v) is 2.63. The van der Waals surface area contributed by atoms with E-state index in [-0.39, 0.29) is 16.7 Å². The Bertz CT molecular complexity index is 958. The average Bonchev–Trinajstić information content (AvgIpc) is 2.72. The molecule has 0 unspecified atom stereocenters. The van der Waals surface area contributed by atoms with Gasteiger partial charge in [0.15, 0.2) is 5.11 Å². The van der Waals surface area contributed by atoms with Crippen LogP contribution in [0.2, 0.25) is 0 Å². The van der Waals surface area contributed by atoms with Gasteiger partial charge in [-0.1, -0.05) is 19.4 Å². The van der Waals surface area contributed by atoms with Crippen molar-refractivity contribution in [1.82, 2.24) is 10.6 Å². The van der Waals surface area contributed by atoms with Gasteiger partial charge < -0.3 is 10.6 Å². The molecule has 0 radical (unpaired) electrons. The van der Waals surface area contributed by atoms with Crippen LogP contribution in [0, 0.1) is 10.1 Å². The van der Waals surface area contributed by atoms with E-state index in [0.717, 1.165) is 12.8 Å². The van der Waals surface area contributed by atoms with E-state index in [1.165, 1.54) is 36.4 Å². The minimum atomic E-state index is -0.492. The van der Waals surface area contributed by atoms with Gasteiger partial charge >= 0.3 is 0 Å². The van der Waals surface area contributed by atoms with Crippen LogP contribution in [0.15, 0.2) is 54.6 Å². The minimum Gasteiger partial charge on any atom is -0.352 e. The van der Waals surface area contributed by atoms with Crippen LogP contribution < -0.4 is 16.0 Å². The number of benzene rings is 2. The van der Waals surface area contributed by atoms with Crippen molar-refractivity contribution < 1.29 is 14.5 Å². The molecule has 0 saturated carbocycles. The van der Waals surface area contributed by atoms with Crippen molar-refractivity contribution >= 4 is 46.6 Å². The van der Waals surface area contributed by atoms with Crippen LogP contribution in [0.5, 0.6) is 0 Å². The molecule has 0 heterocycles. The lowest BCUT2D eigenvalue weighted by Gasteiger charge is -2.10. The van der Waals surface area contributed by atoms with Gasteiger partial charge in [-0.15, -0.1) is 0 Å². The lowest BCUT2D eigenvalue weighted by Crippen LogP contribution is -2.33. The number of thiocarbonyl (C=S) groups is 1. The highest BCUT2D eigenvalue weighted by Gasteiger charge is 2.07. The Morgan fingerprint density at radius 2 is 1.90 bits per heavy atom. The third kappa shape index (κ3) is 7.44. The van der Waals surface area contributed by atoms with Crippen LogP contribution >= 0.6 is 12.2 Å². The van der Waals surface area contributed by atoms with Crippen molar-refractivity contribution in [2.75, 3.05) is 11.9 Å². The molecular formula is C21H22N4O4S. The topological polar surface area (TPSA) is 113 Å². The molecule has 3 N–H and O–H groups in total. The number of rotatable bonds is 8. The average molecular weight is 426 g/mol. The molecule has 0 aromatic heterocycles. The van der Waals surface area contributed by atoms with Crippen LogP contribution in [-0.2, 0) is 4.79 Å². The lowest BCUT2D eigenvalue weighted by molar-refractivity contribution is -0.384. The number of amides is 2. The summed E-state index contributed by atoms with van der Waals surface area (Å²) in [6, 6.07) is 12.6. The van der Waals surface area contributed by atoms with E-state index in [1.54, 1.807) is 24.3 Å². The maximum atomic E-state index is 12.1. The van der Waals surface area contributed by atoms with Crippen molar-refractivity contribution in [2.45, 2.75) is 19.8 Å². The fourth-order valence-electron chi connectivity index (χ4n) is 2.41. The summed E-state index contributed by atoms with van der Waals surface area (Å²) in [6.45, 7) is 2.66. The summed E-state index contributed by atoms with van der Waals surface area (Å²) in [5, 5.41) is 18.9. The number of carbonyl (C=O) groups excluding carboxylic acids is 2. The van der Waals surface area contributed by atoms with Crippen molar-refractivity contribution in [3.63, 3.8) is 0 Å². The number of nitro groups is 1. The first kappa shape index (κ1) is 22.7. The second-order valence-electron chi connectivity index (χ2n) is 6.32. The van der Waals surface area contributed by atoms with Crippen LogP contribution in [0.1, 0.15) is 35.7 Å². The first-order valence-electron chi connectivity index (χ1n) is 9.32. The van der Waals surface area contributed by atoms with Gasteiger partial charge in [0.2, 0.25) is 5.91 Å². The van der Waals surface area contributed by atoms with Crippen molar-refractivity contribution in [2.24, 2.45) is 0 Å². The van der Waals surface area contributed by atoms with Gasteiger partial charge in [-0.25, -0.2) is 0 Å². The molecule has 2 aromatic rings. The van der Waals surface area contributed by atoms with Crippen LogP contribution in [0.4, 0.5) is 11.4 Å². The van der Waals surface area contributed by atoms with E-state index in [0.29, 0.717) is 23.4 Å². The van der Waals surface area contributed by atoms with Crippen LogP contribution in [0.25, 0.3) is 6.08 Å². The summed E-state index contributed by atoms with van der Waals surface area (Å²) < 4.78 is 0. The largest absolute Gasteiger partial charge is 0.352 e. The molecule has 0 spiro atoms. The monoisotopic (exact) mass is 426 g/mol. The zero-order valence-corrected chi connectivity index (χ0v) is 17.2. The highest BCUT2D eigenvalue weighted by atomic mass is 32.1. The molecule has 30 heavy (non-hydrogen) atoms. The van der Waals surface area contributed by atoms with Gasteiger partial charge in [0.1, 0.15) is 0 Å². The minimum absolute atomic E-state index is 0.0248. The Morgan fingerprint density at radius 1 is 1.17 bits per heavy atom. The summed E-state index contributed by atoms with van der Waals surface area (Å²) in [4.78, 5) is 34.3. The number of hydrogen-bond acceptors (Lipinski definition) is 5. The normalized spacial score (nSPS) is 10.4. The predicted octanol–water partition coefficient (Wildman–Crippen LogP) is 3.65. The Morgan fingerprint density at radius 3 is 2.57 bits per heavy atom. The van der Waals surface area contributed by atoms with Gasteiger partial charge in [0, 0.05) is 36.0 Å². The van der Waals surface area contributed by atoms with Crippen LogP contribution in [-0.4, -0.2) is 28.4 Å². The maximum absolute atomic E-state index is 12.1. The van der Waals surface area contributed by atoms with Crippen molar-refractivity contribution in [3.05, 3.63) is 75.8 Å². The number of anilines is 1. The molecule has 2 rings (SSSR count). The standard InChI is InChI=1S/C21H22N4O4S/c1-2-3-13-22-20(27)16-5-4-6-17(14-16)23-21(30)24-19(26)12-9-15-7-10-18(11-8-15)25(28)29/h4-12,14H,2-3,13H2,1H3,(H,22,27)(H2,23,24,26,30)/b12-9+.